The van der Waals surface area contributed by atoms with Crippen molar-refractivity contribution in [3.8, 4) is 22.3 Å². The van der Waals surface area contributed by atoms with Crippen molar-refractivity contribution in [1.29, 1.82) is 0 Å². The summed E-state index contributed by atoms with van der Waals surface area (Å²) in [5.41, 5.74) is 5.09. The highest BCUT2D eigenvalue weighted by molar-refractivity contribution is 6.17. The Morgan fingerprint density at radius 3 is 1.17 bits per heavy atom. The number of hydrogen-bond acceptors (Lipinski definition) is 2. The molecule has 0 N–H and O–H groups in total. The van der Waals surface area contributed by atoms with Crippen molar-refractivity contribution in [1.82, 2.24) is 0 Å². The van der Waals surface area contributed by atoms with E-state index in [1.807, 2.05) is 0 Å². The second-order valence-electron chi connectivity index (χ2n) is 4.77. The van der Waals surface area contributed by atoms with Gasteiger partial charge in [-0.3, -0.25) is 0 Å². The third kappa shape index (κ3) is 5.18. The summed E-state index contributed by atoms with van der Waals surface area (Å²) in [7, 11) is 3.40. The number of rotatable bonds is 4. The van der Waals surface area contributed by atoms with E-state index >= 15 is 0 Å². The van der Waals surface area contributed by atoms with Crippen LogP contribution in [0.15, 0.2) is 84.9 Å². The van der Waals surface area contributed by atoms with Crippen LogP contribution in [0.25, 0.3) is 22.3 Å². The molecule has 2 radical (unpaired) electrons. The number of hydrogen-bond donors (Lipinski definition) is 0. The molecule has 0 aliphatic heterocycles. The topological polar surface area (TPSA) is 18.5 Å². The van der Waals surface area contributed by atoms with Crippen molar-refractivity contribution in [3.05, 3.63) is 84.9 Å². The molecule has 0 atom stereocenters. The predicted molar refractivity (Wildman–Crippen MR) is 97.1 cm³/mol. The van der Waals surface area contributed by atoms with Gasteiger partial charge in [0.2, 0.25) is 0 Å². The molecule has 3 aromatic rings. The summed E-state index contributed by atoms with van der Waals surface area (Å²) < 4.78 is 8.99. The molecule has 3 aromatic carbocycles. The first-order chi connectivity index (χ1) is 11.4. The van der Waals surface area contributed by atoms with E-state index in [4.69, 9.17) is 0 Å². The van der Waals surface area contributed by atoms with Crippen LogP contribution in [0.1, 0.15) is 0 Å². The maximum atomic E-state index is 4.50. The summed E-state index contributed by atoms with van der Waals surface area (Å²) in [5.74, 6) is 0. The lowest BCUT2D eigenvalue weighted by Crippen LogP contribution is -1.93. The van der Waals surface area contributed by atoms with Gasteiger partial charge in [0.15, 0.2) is 0 Å². The number of benzene rings is 3. The quantitative estimate of drug-likeness (QED) is 0.641. The molecule has 0 spiro atoms. The Morgan fingerprint density at radius 2 is 0.870 bits per heavy atom. The van der Waals surface area contributed by atoms with Crippen molar-refractivity contribution < 1.29 is 8.85 Å². The minimum atomic E-state index is 0.198. The molecule has 0 bridgehead atoms. The Balaban J connectivity index is 0.000000338. The molecule has 0 aromatic heterocycles. The van der Waals surface area contributed by atoms with Crippen LogP contribution in [0.4, 0.5) is 0 Å². The largest absolute Gasteiger partial charge is 0.432 e. The van der Waals surface area contributed by atoms with E-state index in [2.05, 4.69) is 93.8 Å². The fourth-order valence-corrected chi connectivity index (χ4v) is 2.47. The van der Waals surface area contributed by atoms with Gasteiger partial charge in [-0.25, -0.2) is 0 Å². The van der Waals surface area contributed by atoms with E-state index in [1.54, 1.807) is 14.2 Å². The van der Waals surface area contributed by atoms with Crippen LogP contribution in [0.5, 0.6) is 0 Å². The fraction of sp³-hybridized carbons (Fsp3) is 0.100. The molecule has 2 nitrogen and oxygen atoms in total. The second kappa shape index (κ2) is 9.74. The average molecular weight is 320 g/mol. The molecule has 0 aliphatic carbocycles. The van der Waals surface area contributed by atoms with Crippen molar-refractivity contribution in [2.75, 3.05) is 14.2 Å². The van der Waals surface area contributed by atoms with Crippen LogP contribution in [0, 0.1) is 0 Å². The summed E-state index contributed by atoms with van der Waals surface area (Å²) in [6.45, 7) is 0. The minimum Gasteiger partial charge on any atom is -0.396 e. The maximum Gasteiger partial charge on any atom is 0.432 e. The third-order valence-electron chi connectivity index (χ3n) is 3.26. The normalized spacial score (nSPS) is 9.83. The second-order valence-corrected chi connectivity index (χ2v) is 5.75. The van der Waals surface area contributed by atoms with Crippen LogP contribution in [0.2, 0.25) is 0 Å². The summed E-state index contributed by atoms with van der Waals surface area (Å²) in [4.78, 5) is 0. The summed E-state index contributed by atoms with van der Waals surface area (Å²) >= 11 is 0. The summed E-state index contributed by atoms with van der Waals surface area (Å²) in [6, 6.07) is 29.6. The van der Waals surface area contributed by atoms with Crippen LogP contribution in [-0.2, 0) is 8.85 Å². The van der Waals surface area contributed by atoms with E-state index in [0.29, 0.717) is 0 Å². The Kier molecular flexibility index (Phi) is 7.27. The van der Waals surface area contributed by atoms with Gasteiger partial charge in [-0.2, -0.15) is 0 Å². The molecule has 0 saturated heterocycles. The Morgan fingerprint density at radius 1 is 0.522 bits per heavy atom. The maximum absolute atomic E-state index is 4.50. The van der Waals surface area contributed by atoms with Gasteiger partial charge in [-0.15, -0.1) is 0 Å². The highest BCUT2D eigenvalue weighted by atomic mass is 28.3. The Bertz CT molecular complexity index is 624. The Labute approximate surface area is 140 Å². The molecular weight excluding hydrogens is 300 g/mol. The van der Waals surface area contributed by atoms with Crippen molar-refractivity contribution >= 4 is 10.0 Å². The van der Waals surface area contributed by atoms with Gasteiger partial charge in [-0.1, -0.05) is 84.9 Å². The SMILES string of the molecule is CO[Si]OC.c1ccc(-c2ccccc2-c2ccccc2)cc1. The van der Waals surface area contributed by atoms with Crippen LogP contribution >= 0.6 is 0 Å². The molecule has 0 heterocycles. The first kappa shape index (κ1) is 17.2. The van der Waals surface area contributed by atoms with Crippen molar-refractivity contribution in [3.63, 3.8) is 0 Å². The van der Waals surface area contributed by atoms with Gasteiger partial charge in [0.05, 0.1) is 0 Å². The molecule has 3 heteroatoms. The van der Waals surface area contributed by atoms with Crippen molar-refractivity contribution in [2.24, 2.45) is 0 Å². The van der Waals surface area contributed by atoms with E-state index in [1.165, 1.54) is 22.3 Å². The third-order valence-corrected chi connectivity index (χ3v) is 3.60. The first-order valence-corrected chi connectivity index (χ1v) is 8.19. The van der Waals surface area contributed by atoms with Crippen LogP contribution < -0.4 is 0 Å². The zero-order valence-electron chi connectivity index (χ0n) is 13.4. The molecule has 0 saturated carbocycles. The molecule has 0 fully saturated rings. The van der Waals surface area contributed by atoms with E-state index in [9.17, 15) is 0 Å². The lowest BCUT2D eigenvalue weighted by molar-refractivity contribution is 0.309. The average Bonchev–Trinajstić information content (AvgIpc) is 2.64. The highest BCUT2D eigenvalue weighted by Gasteiger charge is 2.05. The lowest BCUT2D eigenvalue weighted by Gasteiger charge is -2.09. The fourth-order valence-electron chi connectivity index (χ4n) is 2.31. The monoisotopic (exact) mass is 320 g/mol. The van der Waals surface area contributed by atoms with Crippen LogP contribution in [-0.4, -0.2) is 24.2 Å². The summed E-state index contributed by atoms with van der Waals surface area (Å²) in [6.07, 6.45) is 0. The van der Waals surface area contributed by atoms with Crippen LogP contribution in [0.3, 0.4) is 0 Å². The Hall–Kier alpha value is -2.20. The van der Waals surface area contributed by atoms with Gasteiger partial charge < -0.3 is 8.85 Å². The minimum absolute atomic E-state index is 0.198. The molecule has 3 rings (SSSR count). The summed E-state index contributed by atoms with van der Waals surface area (Å²) in [5, 5.41) is 0. The molecule has 116 valence electrons. The molecule has 23 heavy (non-hydrogen) atoms. The predicted octanol–water partition coefficient (Wildman–Crippen LogP) is 4.83. The van der Waals surface area contributed by atoms with E-state index in [-0.39, 0.29) is 10.0 Å². The standard InChI is InChI=1S/C18H14.C2H6O2Si/c1-3-9-15(10-4-1)17-13-7-8-14-18(17)16-11-5-2-6-12-16;1-3-5-4-2/h1-14H;1-2H3. The van der Waals surface area contributed by atoms with Crippen molar-refractivity contribution in [2.45, 2.75) is 0 Å². The highest BCUT2D eigenvalue weighted by Crippen LogP contribution is 2.31. The molecule has 0 amide bonds. The zero-order chi connectivity index (χ0) is 16.3. The first-order valence-electron chi connectivity index (χ1n) is 7.37. The zero-order valence-corrected chi connectivity index (χ0v) is 14.4. The molecule has 0 unspecified atom stereocenters. The molecular formula is C20H20O2Si. The van der Waals surface area contributed by atoms with Gasteiger partial charge in [0.25, 0.3) is 0 Å². The van der Waals surface area contributed by atoms with E-state index < -0.39 is 0 Å². The van der Waals surface area contributed by atoms with Gasteiger partial charge in [0.1, 0.15) is 0 Å². The van der Waals surface area contributed by atoms with Gasteiger partial charge in [0, 0.05) is 14.2 Å². The lowest BCUT2D eigenvalue weighted by atomic mass is 9.95. The van der Waals surface area contributed by atoms with Gasteiger partial charge in [-0.05, 0) is 22.3 Å². The smallest absolute Gasteiger partial charge is 0.396 e. The van der Waals surface area contributed by atoms with Gasteiger partial charge >= 0.3 is 10.0 Å². The van der Waals surface area contributed by atoms with E-state index in [0.717, 1.165) is 0 Å². The molecule has 0 aliphatic rings.